The monoisotopic (exact) mass is 678 g/mol. The number of alkyl carbamates (subject to hydrolysis) is 1. The van der Waals surface area contributed by atoms with Crippen LogP contribution in [0, 0.1) is 23.2 Å². The van der Waals surface area contributed by atoms with Gasteiger partial charge in [-0.2, -0.15) is 0 Å². The largest absolute Gasteiger partial charge is 0.497 e. The molecule has 1 saturated heterocycles. The van der Waals surface area contributed by atoms with E-state index < -0.39 is 47.2 Å². The number of allylic oxidation sites excluding steroid dienone is 1. The third kappa shape index (κ3) is 9.02. The maximum Gasteiger partial charge on any atom is 0.408 e. The number of hydrogen-bond donors (Lipinski definition) is 1. The predicted molar refractivity (Wildman–Crippen MR) is 187 cm³/mol. The molecule has 6 atom stereocenters. The zero-order valence-electron chi connectivity index (χ0n) is 30.6. The fourth-order valence-electron chi connectivity index (χ4n) is 6.85. The van der Waals surface area contributed by atoms with Gasteiger partial charge in [-0.15, -0.1) is 0 Å². The van der Waals surface area contributed by atoms with E-state index in [4.69, 9.17) is 28.9 Å². The van der Waals surface area contributed by atoms with Crippen LogP contribution in [0.25, 0.3) is 17.1 Å². The smallest absolute Gasteiger partial charge is 0.408 e. The molecule has 2 fully saturated rings. The van der Waals surface area contributed by atoms with Crippen LogP contribution >= 0.6 is 0 Å². The Hall–Kier alpha value is -3.89. The molecule has 1 N–H and O–H groups in total. The van der Waals surface area contributed by atoms with Gasteiger partial charge in [0.05, 0.1) is 24.7 Å². The minimum atomic E-state index is -0.964. The highest BCUT2D eigenvalue weighted by atomic mass is 16.6. The van der Waals surface area contributed by atoms with Crippen molar-refractivity contribution in [2.24, 2.45) is 23.2 Å². The lowest BCUT2D eigenvalue weighted by molar-refractivity contribution is -0.165. The Morgan fingerprint density at radius 3 is 2.47 bits per heavy atom. The molecule has 5 rings (SSSR count). The number of hydrogen-bond acceptors (Lipinski definition) is 9. The first-order valence-corrected chi connectivity index (χ1v) is 17.7. The molecule has 0 radical (unpaired) electrons. The van der Waals surface area contributed by atoms with E-state index in [9.17, 15) is 14.4 Å². The van der Waals surface area contributed by atoms with Gasteiger partial charge in [-0.1, -0.05) is 47.1 Å². The summed E-state index contributed by atoms with van der Waals surface area (Å²) >= 11 is 0. The van der Waals surface area contributed by atoms with Crippen LogP contribution in [-0.4, -0.2) is 76.4 Å². The quantitative estimate of drug-likeness (QED) is 0.351. The van der Waals surface area contributed by atoms with Gasteiger partial charge < -0.3 is 29.2 Å². The summed E-state index contributed by atoms with van der Waals surface area (Å²) < 4.78 is 24.0. The van der Waals surface area contributed by atoms with Gasteiger partial charge in [0, 0.05) is 12.0 Å². The zero-order valence-corrected chi connectivity index (χ0v) is 30.6. The van der Waals surface area contributed by atoms with Crippen LogP contribution in [0.2, 0.25) is 0 Å². The lowest BCUT2D eigenvalue weighted by Crippen LogP contribution is -2.58. The Bertz CT molecular complexity index is 1560. The van der Waals surface area contributed by atoms with Crippen LogP contribution in [0.1, 0.15) is 99.6 Å². The van der Waals surface area contributed by atoms with Gasteiger partial charge in [0.1, 0.15) is 41.3 Å². The van der Waals surface area contributed by atoms with Crippen molar-refractivity contribution in [2.45, 2.75) is 124 Å². The van der Waals surface area contributed by atoms with Crippen molar-refractivity contribution in [3.63, 3.8) is 0 Å². The number of amides is 2. The fraction of sp³-hybridized carbons (Fsp3) is 0.658. The number of ether oxygens (including phenoxy) is 4. The van der Waals surface area contributed by atoms with Crippen LogP contribution in [0.5, 0.6) is 11.6 Å². The van der Waals surface area contributed by atoms with Crippen LogP contribution in [0.15, 0.2) is 24.3 Å². The zero-order chi connectivity index (χ0) is 35.7. The minimum absolute atomic E-state index is 0.0924. The average molecular weight is 679 g/mol. The van der Waals surface area contributed by atoms with Gasteiger partial charge in [-0.05, 0) is 88.3 Å². The summed E-state index contributed by atoms with van der Waals surface area (Å²) in [6, 6.07) is 3.62. The van der Waals surface area contributed by atoms with E-state index in [1.807, 2.05) is 65.8 Å². The summed E-state index contributed by atoms with van der Waals surface area (Å²) in [4.78, 5) is 53.4. The summed E-state index contributed by atoms with van der Waals surface area (Å²) in [7, 11) is 1.60. The number of fused-ring (bicyclic) bond motifs is 5. The molecule has 1 aliphatic carbocycles. The van der Waals surface area contributed by atoms with Crippen molar-refractivity contribution < 1.29 is 33.3 Å². The summed E-state index contributed by atoms with van der Waals surface area (Å²) in [6.45, 7) is 15.3. The van der Waals surface area contributed by atoms with Crippen LogP contribution in [-0.2, 0) is 19.1 Å². The second-order valence-corrected chi connectivity index (χ2v) is 16.3. The molecule has 0 spiro atoms. The predicted octanol–water partition coefficient (Wildman–Crippen LogP) is 6.72. The lowest BCUT2D eigenvalue weighted by Gasteiger charge is -2.36. The van der Waals surface area contributed by atoms with Crippen molar-refractivity contribution in [2.75, 3.05) is 13.7 Å². The first-order valence-electron chi connectivity index (χ1n) is 17.7. The number of rotatable bonds is 4. The minimum Gasteiger partial charge on any atom is -0.497 e. The van der Waals surface area contributed by atoms with Crippen molar-refractivity contribution >= 4 is 35.1 Å². The topological polar surface area (TPSA) is 129 Å². The van der Waals surface area contributed by atoms with E-state index in [1.54, 1.807) is 12.0 Å². The fourth-order valence-corrected chi connectivity index (χ4v) is 6.85. The first-order chi connectivity index (χ1) is 23.0. The van der Waals surface area contributed by atoms with Gasteiger partial charge in [0.2, 0.25) is 11.8 Å². The number of benzene rings is 1. The molecular formula is C38H54N4O7. The number of esters is 1. The third-order valence-electron chi connectivity index (χ3n) is 9.36. The molecule has 3 aliphatic rings. The van der Waals surface area contributed by atoms with Gasteiger partial charge >= 0.3 is 12.1 Å². The van der Waals surface area contributed by atoms with E-state index in [1.165, 1.54) is 0 Å². The normalized spacial score (nSPS) is 27.4. The van der Waals surface area contributed by atoms with E-state index in [2.05, 4.69) is 25.2 Å². The molecule has 1 aromatic carbocycles. The summed E-state index contributed by atoms with van der Waals surface area (Å²) in [5, 5.41) is 2.88. The van der Waals surface area contributed by atoms with Crippen molar-refractivity contribution in [3.8, 4) is 11.6 Å². The molecule has 3 heterocycles. The van der Waals surface area contributed by atoms with Crippen molar-refractivity contribution in [1.29, 1.82) is 0 Å². The molecular weight excluding hydrogens is 624 g/mol. The molecule has 2 amide bonds. The Balaban J connectivity index is 1.61. The molecule has 11 nitrogen and oxygen atoms in total. The number of nitrogens with zero attached hydrogens (tertiary/aromatic N) is 3. The van der Waals surface area contributed by atoms with E-state index in [0.717, 1.165) is 32.1 Å². The Morgan fingerprint density at radius 2 is 1.80 bits per heavy atom. The van der Waals surface area contributed by atoms with Gasteiger partial charge in [0.25, 0.3) is 0 Å². The average Bonchev–Trinajstić information content (AvgIpc) is 3.64. The molecule has 268 valence electrons. The molecule has 0 unspecified atom stereocenters. The highest BCUT2D eigenvalue weighted by Gasteiger charge is 2.53. The highest BCUT2D eigenvalue weighted by molar-refractivity contribution is 5.91. The van der Waals surface area contributed by atoms with Crippen LogP contribution in [0.3, 0.4) is 0 Å². The standard InChI is InChI=1S/C38H54N4O7/c1-22(2)18-25-30-21-42(31(25)35(44)49-38(6,7)8)34(43)32(37(3,4)5)41-36(45)48-29-19-23(29)14-12-10-11-13-15-27-33(47-30)40-28-20-24(46-9)16-17-26(28)39-27/h13,15-17,20,22-23,25,29-32H,10-12,14,18-19,21H2,1-9H3,(H,41,45)/b15-13+/t23-,25-,29-,30+,31+,32-/m1/s1. The van der Waals surface area contributed by atoms with E-state index in [0.29, 0.717) is 40.7 Å². The number of nitrogens with one attached hydrogen (secondary N) is 1. The second-order valence-electron chi connectivity index (χ2n) is 16.3. The lowest BCUT2D eigenvalue weighted by atomic mass is 9.85. The molecule has 2 bridgehead atoms. The van der Waals surface area contributed by atoms with Gasteiger partial charge in [-0.25, -0.2) is 19.6 Å². The third-order valence-corrected chi connectivity index (χ3v) is 9.36. The Morgan fingerprint density at radius 1 is 1.04 bits per heavy atom. The Labute approximate surface area is 290 Å². The number of methoxy groups -OCH3 is 1. The van der Waals surface area contributed by atoms with E-state index in [-0.39, 0.29) is 24.5 Å². The maximum atomic E-state index is 14.7. The van der Waals surface area contributed by atoms with Crippen molar-refractivity contribution in [1.82, 2.24) is 20.2 Å². The molecule has 2 aliphatic heterocycles. The SMILES string of the molecule is COc1ccc2nc3c(nc2c1)O[C@H]1CN(C(=O)[C@H](C(C)(C)C)NC(=O)O[C@@H]2C[C@H]2CCCC/C=C/3)[C@H](C(=O)OC(C)(C)C)[C@@H]1CC(C)C. The summed E-state index contributed by atoms with van der Waals surface area (Å²) in [5.74, 6) is 0.128. The van der Waals surface area contributed by atoms with E-state index >= 15 is 0 Å². The maximum absolute atomic E-state index is 14.7. The second kappa shape index (κ2) is 14.5. The van der Waals surface area contributed by atoms with Gasteiger partial charge in [0.15, 0.2) is 0 Å². The van der Waals surface area contributed by atoms with Crippen LogP contribution < -0.4 is 14.8 Å². The van der Waals surface area contributed by atoms with Gasteiger partial charge in [-0.3, -0.25) is 4.79 Å². The molecule has 49 heavy (non-hydrogen) atoms. The number of carbonyl (C=O) groups is 3. The first kappa shape index (κ1) is 36.4. The molecule has 11 heteroatoms. The highest BCUT2D eigenvalue weighted by Crippen LogP contribution is 2.40. The van der Waals surface area contributed by atoms with Crippen LogP contribution in [0.4, 0.5) is 4.79 Å². The molecule has 1 saturated carbocycles. The van der Waals surface area contributed by atoms with Crippen molar-refractivity contribution in [3.05, 3.63) is 30.0 Å². The summed E-state index contributed by atoms with van der Waals surface area (Å²) in [5.41, 5.74) is 0.403. The molecule has 2 aromatic rings. The molecule has 1 aromatic heterocycles. The number of aromatic nitrogens is 2. The summed E-state index contributed by atoms with van der Waals surface area (Å²) in [6.07, 6.45) is 7.83. The number of carbonyl (C=O) groups excluding carboxylic acids is 3. The Kier molecular flexibility index (Phi) is 10.8.